The van der Waals surface area contributed by atoms with Gasteiger partial charge in [0.15, 0.2) is 12.4 Å². The largest absolute Gasteiger partial charge is 0.455 e. The van der Waals surface area contributed by atoms with Gasteiger partial charge in [0.25, 0.3) is 0 Å². The van der Waals surface area contributed by atoms with E-state index in [4.69, 9.17) is 4.74 Å². The number of esters is 1. The van der Waals surface area contributed by atoms with E-state index in [1.54, 1.807) is 0 Å². The van der Waals surface area contributed by atoms with Crippen molar-refractivity contribution in [3.63, 3.8) is 0 Å². The monoisotopic (exact) mass is 200 g/mol. The minimum Gasteiger partial charge on any atom is -0.455 e. The molecule has 0 saturated heterocycles. The summed E-state index contributed by atoms with van der Waals surface area (Å²) in [6.45, 7) is 3.49. The van der Waals surface area contributed by atoms with Crippen LogP contribution in [-0.2, 0) is 14.3 Å². The fourth-order valence-electron chi connectivity index (χ4n) is 1.32. The van der Waals surface area contributed by atoms with Crippen LogP contribution in [0.15, 0.2) is 0 Å². The second-order valence-electron chi connectivity index (χ2n) is 3.49. The second-order valence-corrected chi connectivity index (χ2v) is 3.49. The summed E-state index contributed by atoms with van der Waals surface area (Å²) in [7, 11) is 0. The molecule has 0 amide bonds. The molecule has 0 unspecified atom stereocenters. The molecule has 0 aromatic carbocycles. The zero-order valence-corrected chi connectivity index (χ0v) is 9.12. The van der Waals surface area contributed by atoms with Crippen molar-refractivity contribution in [3.05, 3.63) is 0 Å². The quantitative estimate of drug-likeness (QED) is 0.343. The number of hydrogen-bond donors (Lipinski definition) is 0. The van der Waals surface area contributed by atoms with Crippen molar-refractivity contribution in [1.29, 1.82) is 0 Å². The first-order valence-corrected chi connectivity index (χ1v) is 5.33. The number of hydrogen-bond acceptors (Lipinski definition) is 3. The van der Waals surface area contributed by atoms with E-state index in [2.05, 4.69) is 6.92 Å². The molecular weight excluding hydrogens is 180 g/mol. The van der Waals surface area contributed by atoms with Gasteiger partial charge in [-0.2, -0.15) is 0 Å². The van der Waals surface area contributed by atoms with E-state index >= 15 is 0 Å². The Hall–Kier alpha value is -0.860. The topological polar surface area (TPSA) is 43.4 Å². The Kier molecular flexibility index (Phi) is 8.19. The molecule has 0 N–H and O–H groups in total. The van der Waals surface area contributed by atoms with E-state index < -0.39 is 6.10 Å². The number of rotatable bonds is 8. The zero-order valence-electron chi connectivity index (χ0n) is 9.12. The van der Waals surface area contributed by atoms with Crippen LogP contribution < -0.4 is 0 Å². The Balaban J connectivity index is 3.43. The van der Waals surface area contributed by atoms with Gasteiger partial charge in [-0.3, -0.25) is 9.59 Å². The smallest absolute Gasteiger partial charge is 0.303 e. The van der Waals surface area contributed by atoms with E-state index in [-0.39, 0.29) is 5.97 Å². The third-order valence-electron chi connectivity index (χ3n) is 2.06. The lowest BCUT2D eigenvalue weighted by molar-refractivity contribution is -0.149. The van der Waals surface area contributed by atoms with Crippen molar-refractivity contribution in [3.8, 4) is 0 Å². The molecule has 0 fully saturated rings. The molecular formula is C11H20O3. The van der Waals surface area contributed by atoms with Crippen LogP contribution in [0.3, 0.4) is 0 Å². The molecule has 3 nitrogen and oxygen atoms in total. The third-order valence-corrected chi connectivity index (χ3v) is 2.06. The molecule has 0 rings (SSSR count). The minimum absolute atomic E-state index is 0.379. The van der Waals surface area contributed by atoms with Crippen molar-refractivity contribution < 1.29 is 14.3 Å². The Bertz CT molecular complexity index is 166. The molecule has 0 aliphatic rings. The van der Waals surface area contributed by atoms with Gasteiger partial charge in [0.05, 0.1) is 0 Å². The van der Waals surface area contributed by atoms with E-state index in [0.29, 0.717) is 12.7 Å². The maximum atomic E-state index is 10.6. The highest BCUT2D eigenvalue weighted by atomic mass is 16.5. The Morgan fingerprint density at radius 3 is 2.43 bits per heavy atom. The molecule has 0 aliphatic heterocycles. The summed E-state index contributed by atoms with van der Waals surface area (Å²) in [5.74, 6) is -0.379. The van der Waals surface area contributed by atoms with Crippen LogP contribution in [0.5, 0.6) is 0 Å². The Labute approximate surface area is 85.8 Å². The predicted octanol–water partition coefficient (Wildman–Crippen LogP) is 2.48. The molecule has 0 aliphatic carbocycles. The summed E-state index contributed by atoms with van der Waals surface area (Å²) in [5.41, 5.74) is 0. The highest BCUT2D eigenvalue weighted by molar-refractivity contribution is 5.69. The standard InChI is InChI=1S/C11H20O3/c1-3-4-5-6-7-8-11(9-12)14-10(2)13/h9,11H,3-8H2,1-2H3/t11-/m1/s1. The molecule has 82 valence electrons. The van der Waals surface area contributed by atoms with Gasteiger partial charge < -0.3 is 4.74 Å². The summed E-state index contributed by atoms with van der Waals surface area (Å²) in [6.07, 6.45) is 6.54. The lowest BCUT2D eigenvalue weighted by Crippen LogP contribution is -2.17. The van der Waals surface area contributed by atoms with Crippen LogP contribution in [0.4, 0.5) is 0 Å². The van der Waals surface area contributed by atoms with Crippen molar-refractivity contribution in [2.45, 2.75) is 58.5 Å². The first-order chi connectivity index (χ1) is 6.70. The third kappa shape index (κ3) is 7.77. The molecule has 0 aromatic rings. The summed E-state index contributed by atoms with van der Waals surface area (Å²) in [4.78, 5) is 21.1. The normalized spacial score (nSPS) is 12.1. The highest BCUT2D eigenvalue weighted by Gasteiger charge is 2.09. The number of unbranched alkanes of at least 4 members (excludes halogenated alkanes) is 4. The van der Waals surface area contributed by atoms with Gasteiger partial charge in [-0.1, -0.05) is 32.6 Å². The van der Waals surface area contributed by atoms with Gasteiger partial charge in [-0.15, -0.1) is 0 Å². The summed E-state index contributed by atoms with van der Waals surface area (Å²) in [5, 5.41) is 0. The van der Waals surface area contributed by atoms with Crippen LogP contribution in [0.1, 0.15) is 52.4 Å². The first-order valence-electron chi connectivity index (χ1n) is 5.33. The SMILES string of the molecule is CCCCCCC[C@H](C=O)OC(C)=O. The molecule has 14 heavy (non-hydrogen) atoms. The van der Waals surface area contributed by atoms with Gasteiger partial charge in [0.2, 0.25) is 0 Å². The Morgan fingerprint density at radius 1 is 1.29 bits per heavy atom. The molecule has 0 bridgehead atoms. The molecule has 0 saturated carbocycles. The van der Waals surface area contributed by atoms with Crippen LogP contribution >= 0.6 is 0 Å². The highest BCUT2D eigenvalue weighted by Crippen LogP contribution is 2.08. The van der Waals surface area contributed by atoms with Crippen molar-refractivity contribution in [2.75, 3.05) is 0 Å². The fourth-order valence-corrected chi connectivity index (χ4v) is 1.32. The number of carbonyl (C=O) groups excluding carboxylic acids is 2. The van der Waals surface area contributed by atoms with Gasteiger partial charge in [-0.25, -0.2) is 0 Å². The predicted molar refractivity (Wildman–Crippen MR) is 55.0 cm³/mol. The van der Waals surface area contributed by atoms with Crippen molar-refractivity contribution >= 4 is 12.3 Å². The zero-order chi connectivity index (χ0) is 10.8. The molecule has 0 spiro atoms. The maximum absolute atomic E-state index is 10.6. The van der Waals surface area contributed by atoms with E-state index in [1.807, 2.05) is 0 Å². The van der Waals surface area contributed by atoms with Gasteiger partial charge in [0.1, 0.15) is 0 Å². The summed E-state index contributed by atoms with van der Waals surface area (Å²) < 4.78 is 4.80. The van der Waals surface area contributed by atoms with E-state index in [0.717, 1.165) is 12.8 Å². The van der Waals surface area contributed by atoms with Crippen LogP contribution in [0.25, 0.3) is 0 Å². The summed E-state index contributed by atoms with van der Waals surface area (Å²) in [6, 6.07) is 0. The van der Waals surface area contributed by atoms with Gasteiger partial charge >= 0.3 is 5.97 Å². The maximum Gasteiger partial charge on any atom is 0.303 e. The molecule has 0 radical (unpaired) electrons. The molecule has 1 atom stereocenters. The van der Waals surface area contributed by atoms with Crippen LogP contribution in [0, 0.1) is 0 Å². The average molecular weight is 200 g/mol. The van der Waals surface area contributed by atoms with Gasteiger partial charge in [-0.05, 0) is 12.8 Å². The van der Waals surface area contributed by atoms with E-state index in [9.17, 15) is 9.59 Å². The second kappa shape index (κ2) is 8.73. The fraction of sp³-hybridized carbons (Fsp3) is 0.818. The first kappa shape index (κ1) is 13.1. The molecule has 0 heterocycles. The van der Waals surface area contributed by atoms with Crippen LogP contribution in [-0.4, -0.2) is 18.4 Å². The minimum atomic E-state index is -0.533. The average Bonchev–Trinajstić information content (AvgIpc) is 2.15. The van der Waals surface area contributed by atoms with Crippen molar-refractivity contribution in [1.82, 2.24) is 0 Å². The van der Waals surface area contributed by atoms with Gasteiger partial charge in [0, 0.05) is 6.92 Å². The Morgan fingerprint density at radius 2 is 1.93 bits per heavy atom. The van der Waals surface area contributed by atoms with Crippen molar-refractivity contribution in [2.24, 2.45) is 0 Å². The molecule has 0 aromatic heterocycles. The summed E-state index contributed by atoms with van der Waals surface area (Å²) >= 11 is 0. The number of ether oxygens (including phenoxy) is 1. The number of aldehydes is 1. The van der Waals surface area contributed by atoms with E-state index in [1.165, 1.54) is 26.2 Å². The molecule has 3 heteroatoms. The lowest BCUT2D eigenvalue weighted by Gasteiger charge is -2.09. The lowest BCUT2D eigenvalue weighted by atomic mass is 10.1. The number of carbonyl (C=O) groups is 2. The van der Waals surface area contributed by atoms with Crippen LogP contribution in [0.2, 0.25) is 0 Å².